The number of nitrogens with zero attached hydrogens (tertiary/aromatic N) is 4. The van der Waals surface area contributed by atoms with E-state index in [2.05, 4.69) is 10.1 Å². The van der Waals surface area contributed by atoms with E-state index in [1.807, 2.05) is 13.0 Å². The lowest BCUT2D eigenvalue weighted by Gasteiger charge is -1.99. The molecule has 1 aromatic carbocycles. The minimum absolute atomic E-state index is 0.0241. The Morgan fingerprint density at radius 1 is 1.53 bits per heavy atom. The number of nitro groups is 1. The van der Waals surface area contributed by atoms with E-state index in [0.717, 1.165) is 5.56 Å². The molecule has 0 aliphatic heterocycles. The quantitative estimate of drug-likeness (QED) is 0.615. The van der Waals surface area contributed by atoms with Crippen LogP contribution in [0.2, 0.25) is 0 Å². The van der Waals surface area contributed by atoms with E-state index in [9.17, 15) is 10.1 Å². The monoisotopic (exact) mass is 258 g/mol. The van der Waals surface area contributed by atoms with Crippen molar-refractivity contribution in [3.63, 3.8) is 0 Å². The average molecular weight is 258 g/mol. The number of hydrogen-bond donors (Lipinski definition) is 0. The summed E-state index contributed by atoms with van der Waals surface area (Å²) < 4.78 is 4.99. The molecule has 0 bridgehead atoms. The van der Waals surface area contributed by atoms with Crippen LogP contribution in [-0.4, -0.2) is 15.1 Å². The van der Waals surface area contributed by atoms with E-state index < -0.39 is 4.92 Å². The molecule has 0 fully saturated rings. The van der Waals surface area contributed by atoms with Gasteiger partial charge in [0.1, 0.15) is 0 Å². The zero-order valence-electron chi connectivity index (χ0n) is 10.2. The predicted octanol–water partition coefficient (Wildman–Crippen LogP) is 2.41. The maximum Gasteiger partial charge on any atom is 0.270 e. The van der Waals surface area contributed by atoms with Crippen LogP contribution in [0.4, 0.5) is 5.69 Å². The van der Waals surface area contributed by atoms with Gasteiger partial charge in [0.05, 0.1) is 11.0 Å². The molecule has 2 rings (SSSR count). The van der Waals surface area contributed by atoms with Gasteiger partial charge in [0.25, 0.3) is 5.69 Å². The summed E-state index contributed by atoms with van der Waals surface area (Å²) in [5, 5.41) is 23.0. The number of nitriles is 1. The molecule has 0 unspecified atom stereocenters. The molecule has 7 heteroatoms. The molecule has 0 amide bonds. The van der Waals surface area contributed by atoms with Crippen LogP contribution in [0, 0.1) is 28.4 Å². The molecule has 0 aliphatic rings. The van der Waals surface area contributed by atoms with E-state index in [1.165, 1.54) is 12.1 Å². The second-order valence-electron chi connectivity index (χ2n) is 3.93. The Hall–Kier alpha value is -2.75. The van der Waals surface area contributed by atoms with Gasteiger partial charge in [-0.2, -0.15) is 10.2 Å². The summed E-state index contributed by atoms with van der Waals surface area (Å²) in [5.74, 6) is 0.650. The van der Waals surface area contributed by atoms with Crippen LogP contribution in [0.3, 0.4) is 0 Å². The van der Waals surface area contributed by atoms with Gasteiger partial charge in [-0.25, -0.2) is 0 Å². The fourth-order valence-corrected chi connectivity index (χ4v) is 1.59. The van der Waals surface area contributed by atoms with Crippen LogP contribution in [0.25, 0.3) is 11.4 Å². The van der Waals surface area contributed by atoms with Crippen molar-refractivity contribution in [2.75, 3.05) is 0 Å². The molecule has 1 aromatic heterocycles. The first-order valence-electron chi connectivity index (χ1n) is 5.57. The molecule has 0 saturated heterocycles. The van der Waals surface area contributed by atoms with Crippen LogP contribution in [-0.2, 0) is 6.42 Å². The number of hydrogen-bond acceptors (Lipinski definition) is 6. The third-order valence-corrected chi connectivity index (χ3v) is 2.59. The van der Waals surface area contributed by atoms with Crippen molar-refractivity contribution in [3.05, 3.63) is 39.8 Å². The molecule has 7 nitrogen and oxygen atoms in total. The van der Waals surface area contributed by atoms with E-state index >= 15 is 0 Å². The SMILES string of the molecule is Cc1ccc([N+](=O)[O-])cc1-c1noc(CCC#N)n1. The second-order valence-corrected chi connectivity index (χ2v) is 3.93. The molecule has 96 valence electrons. The van der Waals surface area contributed by atoms with Crippen molar-refractivity contribution in [2.24, 2.45) is 0 Å². The van der Waals surface area contributed by atoms with Crippen molar-refractivity contribution >= 4 is 5.69 Å². The number of nitro benzene ring substituents is 1. The smallest absolute Gasteiger partial charge is 0.270 e. The summed E-state index contributed by atoms with van der Waals surface area (Å²) in [6.07, 6.45) is 0.660. The maximum atomic E-state index is 10.7. The minimum Gasteiger partial charge on any atom is -0.339 e. The fourth-order valence-electron chi connectivity index (χ4n) is 1.59. The zero-order chi connectivity index (χ0) is 13.8. The first kappa shape index (κ1) is 12.7. The molecule has 2 aromatic rings. The third kappa shape index (κ3) is 2.74. The Kier molecular flexibility index (Phi) is 3.52. The molecule has 1 heterocycles. The standard InChI is InChI=1S/C12H10N4O3/c1-8-4-5-9(16(17)18)7-10(8)12-14-11(19-15-12)3-2-6-13/h4-5,7H,2-3H2,1H3. The molecular weight excluding hydrogens is 248 g/mol. The van der Waals surface area contributed by atoms with E-state index in [1.54, 1.807) is 6.07 Å². The zero-order valence-corrected chi connectivity index (χ0v) is 10.2. The van der Waals surface area contributed by atoms with Gasteiger partial charge < -0.3 is 4.52 Å². The van der Waals surface area contributed by atoms with Gasteiger partial charge in [-0.05, 0) is 12.5 Å². The van der Waals surface area contributed by atoms with Crippen molar-refractivity contribution in [2.45, 2.75) is 19.8 Å². The summed E-state index contributed by atoms with van der Waals surface area (Å²) in [7, 11) is 0. The van der Waals surface area contributed by atoms with Crippen LogP contribution >= 0.6 is 0 Å². The third-order valence-electron chi connectivity index (χ3n) is 2.59. The van der Waals surface area contributed by atoms with Gasteiger partial charge in [0.15, 0.2) is 0 Å². The van der Waals surface area contributed by atoms with Crippen molar-refractivity contribution in [3.8, 4) is 17.5 Å². The highest BCUT2D eigenvalue weighted by molar-refractivity contribution is 5.63. The van der Waals surface area contributed by atoms with Gasteiger partial charge in [-0.3, -0.25) is 10.1 Å². The average Bonchev–Trinajstić information content (AvgIpc) is 2.85. The van der Waals surface area contributed by atoms with Gasteiger partial charge in [-0.15, -0.1) is 0 Å². The Labute approximate surface area is 108 Å². The Morgan fingerprint density at radius 2 is 2.32 bits per heavy atom. The highest BCUT2D eigenvalue weighted by atomic mass is 16.6. The highest BCUT2D eigenvalue weighted by Gasteiger charge is 2.15. The van der Waals surface area contributed by atoms with Gasteiger partial charge in [0.2, 0.25) is 11.7 Å². The molecule has 0 aliphatic carbocycles. The molecule has 0 N–H and O–H groups in total. The molecular formula is C12H10N4O3. The summed E-state index contributed by atoms with van der Waals surface area (Å²) in [6.45, 7) is 1.81. The summed E-state index contributed by atoms with van der Waals surface area (Å²) in [4.78, 5) is 14.4. The number of aromatic nitrogens is 2. The highest BCUT2D eigenvalue weighted by Crippen LogP contribution is 2.25. The number of aryl methyl sites for hydroxylation is 2. The van der Waals surface area contributed by atoms with Crippen LogP contribution in [0.1, 0.15) is 17.9 Å². The van der Waals surface area contributed by atoms with Crippen molar-refractivity contribution < 1.29 is 9.45 Å². The minimum atomic E-state index is -0.473. The van der Waals surface area contributed by atoms with Gasteiger partial charge in [0, 0.05) is 30.5 Å². The summed E-state index contributed by atoms with van der Waals surface area (Å²) >= 11 is 0. The molecule has 0 radical (unpaired) electrons. The Balaban J connectivity index is 2.35. The van der Waals surface area contributed by atoms with E-state index in [-0.39, 0.29) is 12.1 Å². The largest absolute Gasteiger partial charge is 0.339 e. The van der Waals surface area contributed by atoms with E-state index in [0.29, 0.717) is 23.7 Å². The first-order chi connectivity index (χ1) is 9.11. The molecule has 0 saturated carbocycles. The normalized spacial score (nSPS) is 10.1. The lowest BCUT2D eigenvalue weighted by Crippen LogP contribution is -1.92. The second kappa shape index (κ2) is 5.27. The van der Waals surface area contributed by atoms with E-state index in [4.69, 9.17) is 9.78 Å². The first-order valence-corrected chi connectivity index (χ1v) is 5.57. The molecule has 0 spiro atoms. The maximum absolute atomic E-state index is 10.7. The Morgan fingerprint density at radius 3 is 3.00 bits per heavy atom. The predicted molar refractivity (Wildman–Crippen MR) is 65.1 cm³/mol. The van der Waals surface area contributed by atoms with Gasteiger partial charge in [-0.1, -0.05) is 11.2 Å². The molecule has 0 atom stereocenters. The lowest BCUT2D eigenvalue weighted by atomic mass is 10.1. The number of rotatable bonds is 4. The lowest BCUT2D eigenvalue weighted by molar-refractivity contribution is -0.384. The van der Waals surface area contributed by atoms with Crippen LogP contribution in [0.5, 0.6) is 0 Å². The van der Waals surface area contributed by atoms with Gasteiger partial charge >= 0.3 is 0 Å². The number of non-ortho nitro benzene ring substituents is 1. The van der Waals surface area contributed by atoms with Crippen LogP contribution < -0.4 is 0 Å². The summed E-state index contributed by atoms with van der Waals surface area (Å²) in [5.41, 5.74) is 1.35. The van der Waals surface area contributed by atoms with Crippen LogP contribution in [0.15, 0.2) is 22.7 Å². The topological polar surface area (TPSA) is 106 Å². The Bertz CT molecular complexity index is 657. The fraction of sp³-hybridized carbons (Fsp3) is 0.250. The van der Waals surface area contributed by atoms with Crippen molar-refractivity contribution in [1.29, 1.82) is 5.26 Å². The number of benzene rings is 1. The summed E-state index contributed by atoms with van der Waals surface area (Å²) in [6, 6.07) is 6.46. The van der Waals surface area contributed by atoms with Crippen molar-refractivity contribution in [1.82, 2.24) is 10.1 Å². The molecule has 19 heavy (non-hydrogen) atoms.